The molecule has 0 N–H and O–H groups in total. The first-order valence-corrected chi connectivity index (χ1v) is 4.94. The molecule has 0 amide bonds. The third kappa shape index (κ3) is 3.37. The number of halogens is 1. The van der Waals surface area contributed by atoms with Crippen LogP contribution in [0.15, 0.2) is 24.3 Å². The summed E-state index contributed by atoms with van der Waals surface area (Å²) < 4.78 is 4.76. The number of esters is 1. The predicted molar refractivity (Wildman–Crippen MR) is 60.1 cm³/mol. The number of ether oxygens (including phenoxy) is 1. The fourth-order valence-corrected chi connectivity index (χ4v) is 1.05. The third-order valence-corrected chi connectivity index (χ3v) is 1.94. The molecule has 0 unspecified atom stereocenters. The van der Waals surface area contributed by atoms with Crippen LogP contribution < -0.4 is 0 Å². The number of non-ortho nitro benzene ring substituents is 1. The predicted octanol–water partition coefficient (Wildman–Crippen LogP) is 2.11. The summed E-state index contributed by atoms with van der Waals surface area (Å²) in [4.78, 5) is 23.5. The van der Waals surface area contributed by atoms with Crippen LogP contribution in [-0.4, -0.2) is 17.5 Å². The van der Waals surface area contributed by atoms with Gasteiger partial charge in [-0.05, 0) is 22.9 Å². The van der Waals surface area contributed by atoms with Gasteiger partial charge in [0.1, 0.15) is 0 Å². The smallest absolute Gasteiger partial charge is 0.339 e. The van der Waals surface area contributed by atoms with Crippen molar-refractivity contribution in [3.05, 3.63) is 39.9 Å². The highest BCUT2D eigenvalue weighted by atomic mass is 79.9. The average molecular weight is 284 g/mol. The van der Waals surface area contributed by atoms with Gasteiger partial charge in [-0.1, -0.05) is 0 Å². The van der Waals surface area contributed by atoms with Crippen molar-refractivity contribution in [1.82, 2.24) is 0 Å². The van der Waals surface area contributed by atoms with E-state index in [1.54, 1.807) is 0 Å². The number of carbonyl (C=O) groups excluding carboxylic acids is 1. The van der Waals surface area contributed by atoms with E-state index in [0.717, 1.165) is 0 Å². The van der Waals surface area contributed by atoms with Crippen LogP contribution in [0.2, 0.25) is 0 Å². The summed E-state index contributed by atoms with van der Waals surface area (Å²) >= 11 is 2.85. The van der Waals surface area contributed by atoms with Crippen molar-refractivity contribution >= 4 is 27.6 Å². The molecule has 1 rings (SSSR count). The van der Waals surface area contributed by atoms with Crippen LogP contribution in [0.3, 0.4) is 0 Å². The second-order valence-electron chi connectivity index (χ2n) is 2.65. The van der Waals surface area contributed by atoms with Crippen molar-refractivity contribution < 1.29 is 14.5 Å². The minimum absolute atomic E-state index is 0.0267. The van der Waals surface area contributed by atoms with Crippen molar-refractivity contribution in [3.8, 4) is 10.8 Å². The number of hydrogen-bond donors (Lipinski definition) is 0. The van der Waals surface area contributed by atoms with Gasteiger partial charge in [-0.2, -0.15) is 0 Å². The minimum Gasteiger partial charge on any atom is -0.449 e. The maximum atomic E-state index is 11.3. The summed E-state index contributed by atoms with van der Waals surface area (Å²) in [5, 5.41) is 10.4. The SMILES string of the molecule is O=C(OCC#CBr)c1ccc([N+](=O)[O-])cc1. The lowest BCUT2D eigenvalue weighted by atomic mass is 10.2. The van der Waals surface area contributed by atoms with E-state index in [9.17, 15) is 14.9 Å². The number of rotatable bonds is 3. The molecule has 0 aliphatic heterocycles. The summed E-state index contributed by atoms with van der Waals surface area (Å²) in [6.07, 6.45) is 0. The molecule has 0 radical (unpaired) electrons. The minimum atomic E-state index is -0.565. The van der Waals surface area contributed by atoms with Crippen molar-refractivity contribution in [2.75, 3.05) is 6.61 Å². The lowest BCUT2D eigenvalue weighted by Gasteiger charge is -1.99. The van der Waals surface area contributed by atoms with Crippen LogP contribution in [0.4, 0.5) is 5.69 Å². The zero-order valence-electron chi connectivity index (χ0n) is 7.97. The van der Waals surface area contributed by atoms with Gasteiger partial charge in [-0.3, -0.25) is 10.1 Å². The van der Waals surface area contributed by atoms with Crippen LogP contribution in [0, 0.1) is 20.9 Å². The van der Waals surface area contributed by atoms with Gasteiger partial charge < -0.3 is 4.74 Å². The zero-order valence-corrected chi connectivity index (χ0v) is 9.56. The Morgan fingerprint density at radius 2 is 2.06 bits per heavy atom. The number of nitro groups is 1. The Hall–Kier alpha value is -1.87. The molecule has 5 nitrogen and oxygen atoms in total. The lowest BCUT2D eigenvalue weighted by Crippen LogP contribution is -2.05. The van der Waals surface area contributed by atoms with E-state index < -0.39 is 10.9 Å². The fraction of sp³-hybridized carbons (Fsp3) is 0.100. The Bertz CT molecular complexity index is 458. The largest absolute Gasteiger partial charge is 0.449 e. The molecule has 0 spiro atoms. The molecule has 0 aliphatic rings. The molecule has 0 aromatic heterocycles. The highest BCUT2D eigenvalue weighted by molar-refractivity contribution is 9.12. The fourth-order valence-electron chi connectivity index (χ4n) is 0.931. The Kier molecular flexibility index (Phi) is 4.48. The highest BCUT2D eigenvalue weighted by Crippen LogP contribution is 2.12. The first kappa shape index (κ1) is 12.2. The average Bonchev–Trinajstić information content (AvgIpc) is 2.29. The van der Waals surface area contributed by atoms with Gasteiger partial charge in [0.05, 0.1) is 10.5 Å². The first-order valence-electron chi connectivity index (χ1n) is 4.15. The number of hydrogen-bond acceptors (Lipinski definition) is 4. The van der Waals surface area contributed by atoms with Gasteiger partial charge in [-0.25, -0.2) is 4.79 Å². The zero-order chi connectivity index (χ0) is 12.0. The molecule has 82 valence electrons. The first-order chi connectivity index (χ1) is 7.65. The quantitative estimate of drug-likeness (QED) is 0.369. The Morgan fingerprint density at radius 3 is 2.56 bits per heavy atom. The second-order valence-corrected chi connectivity index (χ2v) is 3.05. The standard InChI is InChI=1S/C10H6BrNO4/c11-6-1-7-16-10(13)8-2-4-9(5-3-8)12(14)15/h2-5H,7H2. The number of carbonyl (C=O) groups is 1. The molecule has 0 atom stereocenters. The monoisotopic (exact) mass is 283 g/mol. The summed E-state index contributed by atoms with van der Waals surface area (Å²) in [5.74, 6) is 1.93. The van der Waals surface area contributed by atoms with Crippen LogP contribution in [0.1, 0.15) is 10.4 Å². The topological polar surface area (TPSA) is 69.4 Å². The molecule has 1 aromatic carbocycles. The van der Waals surface area contributed by atoms with Crippen molar-refractivity contribution in [2.24, 2.45) is 0 Å². The molecule has 0 aliphatic carbocycles. The molecule has 0 fully saturated rings. The number of nitro benzene ring substituents is 1. The van der Waals surface area contributed by atoms with E-state index in [4.69, 9.17) is 4.74 Å². The molecular formula is C10H6BrNO4. The highest BCUT2D eigenvalue weighted by Gasteiger charge is 2.09. The number of benzene rings is 1. The van der Waals surface area contributed by atoms with E-state index >= 15 is 0 Å². The Morgan fingerprint density at radius 1 is 1.44 bits per heavy atom. The summed E-state index contributed by atoms with van der Waals surface area (Å²) in [5.41, 5.74) is 0.179. The molecular weight excluding hydrogens is 278 g/mol. The van der Waals surface area contributed by atoms with Gasteiger partial charge in [-0.15, -0.1) is 0 Å². The molecule has 16 heavy (non-hydrogen) atoms. The van der Waals surface area contributed by atoms with E-state index in [1.807, 2.05) is 0 Å². The molecule has 0 saturated carbocycles. The Labute approximate surface area is 99.7 Å². The van der Waals surface area contributed by atoms with E-state index in [2.05, 4.69) is 26.7 Å². The van der Waals surface area contributed by atoms with E-state index in [1.165, 1.54) is 24.3 Å². The maximum absolute atomic E-state index is 11.3. The third-order valence-electron chi connectivity index (χ3n) is 1.66. The van der Waals surface area contributed by atoms with Crippen molar-refractivity contribution in [3.63, 3.8) is 0 Å². The molecule has 0 heterocycles. The van der Waals surface area contributed by atoms with Gasteiger partial charge in [0, 0.05) is 28.1 Å². The second kappa shape index (κ2) is 5.88. The van der Waals surface area contributed by atoms with E-state index in [0.29, 0.717) is 0 Å². The van der Waals surface area contributed by atoms with Gasteiger partial charge in [0.15, 0.2) is 6.61 Å². The van der Waals surface area contributed by atoms with Crippen LogP contribution in [-0.2, 0) is 4.74 Å². The Balaban J connectivity index is 2.69. The van der Waals surface area contributed by atoms with Gasteiger partial charge >= 0.3 is 5.97 Å². The van der Waals surface area contributed by atoms with Gasteiger partial charge in [0.2, 0.25) is 0 Å². The van der Waals surface area contributed by atoms with Crippen LogP contribution in [0.5, 0.6) is 0 Å². The van der Waals surface area contributed by atoms with Crippen molar-refractivity contribution in [2.45, 2.75) is 0 Å². The van der Waals surface area contributed by atoms with Crippen LogP contribution >= 0.6 is 15.9 Å². The molecule has 0 bridgehead atoms. The normalized spacial score (nSPS) is 8.81. The van der Waals surface area contributed by atoms with Crippen LogP contribution in [0.25, 0.3) is 0 Å². The summed E-state index contributed by atoms with van der Waals surface area (Å²) in [7, 11) is 0. The molecule has 1 aromatic rings. The van der Waals surface area contributed by atoms with E-state index in [-0.39, 0.29) is 17.9 Å². The maximum Gasteiger partial charge on any atom is 0.339 e. The number of nitrogens with zero attached hydrogens (tertiary/aromatic N) is 1. The molecule has 0 saturated heterocycles. The molecule has 6 heteroatoms. The van der Waals surface area contributed by atoms with Gasteiger partial charge in [0.25, 0.3) is 5.69 Å². The summed E-state index contributed by atoms with van der Waals surface area (Å²) in [6, 6.07) is 5.16. The lowest BCUT2D eigenvalue weighted by molar-refractivity contribution is -0.384. The van der Waals surface area contributed by atoms with Crippen molar-refractivity contribution in [1.29, 1.82) is 0 Å². The summed E-state index contributed by atoms with van der Waals surface area (Å²) in [6.45, 7) is -0.0267.